The van der Waals surface area contributed by atoms with E-state index in [4.69, 9.17) is 4.74 Å². The summed E-state index contributed by atoms with van der Waals surface area (Å²) in [4.78, 5) is 13.8. The second-order valence-electron chi connectivity index (χ2n) is 6.81. The fraction of sp³-hybridized carbons (Fsp3) is 0.929. The maximum absolute atomic E-state index is 12.0. The lowest BCUT2D eigenvalue weighted by Gasteiger charge is -2.47. The first-order valence-electron chi connectivity index (χ1n) is 7.19. The maximum atomic E-state index is 12.0. The molecule has 0 bridgehead atoms. The highest BCUT2D eigenvalue weighted by molar-refractivity contribution is 5.68. The summed E-state index contributed by atoms with van der Waals surface area (Å²) in [5, 5.41) is 13.6. The van der Waals surface area contributed by atoms with E-state index >= 15 is 0 Å². The highest BCUT2D eigenvalue weighted by Crippen LogP contribution is 2.37. The van der Waals surface area contributed by atoms with Gasteiger partial charge in [0.15, 0.2) is 0 Å². The van der Waals surface area contributed by atoms with Crippen LogP contribution in [0, 0.1) is 5.41 Å². The third-order valence-electron chi connectivity index (χ3n) is 4.19. The van der Waals surface area contributed by atoms with Crippen LogP contribution >= 0.6 is 0 Å². The molecule has 2 rings (SSSR count). The zero-order chi connectivity index (χ0) is 14.1. The van der Waals surface area contributed by atoms with Gasteiger partial charge in [0.1, 0.15) is 5.60 Å². The monoisotopic (exact) mass is 270 g/mol. The molecule has 5 heteroatoms. The lowest BCUT2D eigenvalue weighted by atomic mass is 9.71. The van der Waals surface area contributed by atoms with Crippen molar-refractivity contribution in [3.8, 4) is 0 Å². The number of carbonyl (C=O) groups excluding carboxylic acids is 1. The van der Waals surface area contributed by atoms with Crippen LogP contribution in [0.15, 0.2) is 0 Å². The fourth-order valence-corrected chi connectivity index (χ4v) is 2.97. The first-order valence-corrected chi connectivity index (χ1v) is 7.19. The number of piperidine rings is 2. The maximum Gasteiger partial charge on any atom is 0.410 e. The first kappa shape index (κ1) is 14.6. The Morgan fingerprint density at radius 2 is 2.00 bits per heavy atom. The molecule has 2 aliphatic heterocycles. The zero-order valence-corrected chi connectivity index (χ0v) is 12.2. The number of nitrogens with zero attached hydrogens (tertiary/aromatic N) is 1. The number of aliphatic hydroxyl groups excluding tert-OH is 1. The number of nitrogens with one attached hydrogen (secondary N) is 1. The van der Waals surface area contributed by atoms with E-state index in [0.29, 0.717) is 13.1 Å². The number of likely N-dealkylation sites (tertiary alicyclic amines) is 1. The van der Waals surface area contributed by atoms with Gasteiger partial charge in [-0.25, -0.2) is 4.79 Å². The van der Waals surface area contributed by atoms with Crippen LogP contribution in [0.4, 0.5) is 4.79 Å². The summed E-state index contributed by atoms with van der Waals surface area (Å²) in [5.41, 5.74) is -0.491. The lowest BCUT2D eigenvalue weighted by molar-refractivity contribution is -0.0477. The van der Waals surface area contributed by atoms with Crippen LogP contribution in [-0.4, -0.2) is 54.0 Å². The minimum atomic E-state index is -0.446. The molecule has 2 fully saturated rings. The van der Waals surface area contributed by atoms with Gasteiger partial charge < -0.3 is 20.1 Å². The topological polar surface area (TPSA) is 61.8 Å². The van der Waals surface area contributed by atoms with Crippen LogP contribution in [0.2, 0.25) is 0 Å². The van der Waals surface area contributed by atoms with Crippen LogP contribution in [0.3, 0.4) is 0 Å². The van der Waals surface area contributed by atoms with E-state index in [-0.39, 0.29) is 17.6 Å². The molecule has 0 aliphatic carbocycles. The van der Waals surface area contributed by atoms with Gasteiger partial charge in [-0.1, -0.05) is 0 Å². The van der Waals surface area contributed by atoms with Crippen molar-refractivity contribution in [2.24, 2.45) is 5.41 Å². The van der Waals surface area contributed by atoms with Crippen molar-refractivity contribution in [1.29, 1.82) is 0 Å². The number of hydrogen-bond donors (Lipinski definition) is 2. The predicted molar refractivity (Wildman–Crippen MR) is 73.0 cm³/mol. The molecule has 0 unspecified atom stereocenters. The number of hydrogen-bond acceptors (Lipinski definition) is 4. The van der Waals surface area contributed by atoms with Crippen LogP contribution in [0.5, 0.6) is 0 Å². The van der Waals surface area contributed by atoms with E-state index in [1.807, 2.05) is 20.8 Å². The van der Waals surface area contributed by atoms with Crippen molar-refractivity contribution >= 4 is 6.09 Å². The Hall–Kier alpha value is -0.810. The molecule has 0 aromatic heterocycles. The van der Waals surface area contributed by atoms with Gasteiger partial charge in [0.2, 0.25) is 0 Å². The molecule has 2 heterocycles. The molecule has 0 aromatic carbocycles. The number of carbonyl (C=O) groups is 1. The van der Waals surface area contributed by atoms with E-state index in [1.54, 1.807) is 4.90 Å². The molecule has 1 spiro atoms. The third-order valence-corrected chi connectivity index (χ3v) is 4.19. The van der Waals surface area contributed by atoms with E-state index < -0.39 is 5.60 Å². The lowest BCUT2D eigenvalue weighted by Crippen LogP contribution is -2.56. The predicted octanol–water partition coefficient (Wildman–Crippen LogP) is 1.36. The van der Waals surface area contributed by atoms with E-state index in [1.165, 1.54) is 0 Å². The summed E-state index contributed by atoms with van der Waals surface area (Å²) in [5.74, 6) is 0. The van der Waals surface area contributed by atoms with Gasteiger partial charge in [0.05, 0.1) is 6.10 Å². The van der Waals surface area contributed by atoms with Gasteiger partial charge >= 0.3 is 6.09 Å². The molecule has 2 saturated heterocycles. The van der Waals surface area contributed by atoms with Gasteiger partial charge in [0, 0.05) is 25.0 Å². The Labute approximate surface area is 115 Å². The molecule has 19 heavy (non-hydrogen) atoms. The average molecular weight is 270 g/mol. The first-order chi connectivity index (χ1) is 8.82. The highest BCUT2D eigenvalue weighted by Gasteiger charge is 2.43. The highest BCUT2D eigenvalue weighted by atomic mass is 16.6. The van der Waals surface area contributed by atoms with E-state index in [0.717, 1.165) is 32.4 Å². The Bertz CT molecular complexity index is 330. The van der Waals surface area contributed by atoms with Gasteiger partial charge in [-0.15, -0.1) is 0 Å². The van der Waals surface area contributed by atoms with Crippen LogP contribution in [0.25, 0.3) is 0 Å². The Morgan fingerprint density at radius 3 is 2.53 bits per heavy atom. The van der Waals surface area contributed by atoms with Gasteiger partial charge in [-0.05, 0) is 46.6 Å². The Balaban J connectivity index is 1.90. The Morgan fingerprint density at radius 1 is 1.37 bits per heavy atom. The largest absolute Gasteiger partial charge is 0.444 e. The van der Waals surface area contributed by atoms with Crippen LogP contribution in [0.1, 0.15) is 40.0 Å². The normalized spacial score (nSPS) is 27.4. The standard InChI is InChI=1S/C14H26N2O3/c1-13(2,3)19-12(18)16-8-5-14(6-9-16)10-15-7-4-11(14)17/h11,15,17H,4-10H2,1-3H3/t11-/m0/s1. The second kappa shape index (κ2) is 5.29. The molecule has 0 saturated carbocycles. The molecule has 5 nitrogen and oxygen atoms in total. The molecule has 0 radical (unpaired) electrons. The summed E-state index contributed by atoms with van der Waals surface area (Å²) in [6.45, 7) is 8.73. The van der Waals surface area contributed by atoms with E-state index in [9.17, 15) is 9.90 Å². The zero-order valence-electron chi connectivity index (χ0n) is 12.2. The molecule has 2 aliphatic rings. The summed E-state index contributed by atoms with van der Waals surface area (Å²) in [6.07, 6.45) is 2.03. The summed E-state index contributed by atoms with van der Waals surface area (Å²) >= 11 is 0. The van der Waals surface area contributed by atoms with Crippen molar-refractivity contribution < 1.29 is 14.6 Å². The SMILES string of the molecule is CC(C)(C)OC(=O)N1CCC2(CC1)CNCC[C@@H]2O. The molecule has 0 aromatic rings. The van der Waals surface area contributed by atoms with E-state index in [2.05, 4.69) is 5.32 Å². The molecule has 110 valence electrons. The van der Waals surface area contributed by atoms with Crippen molar-refractivity contribution in [3.63, 3.8) is 0 Å². The van der Waals surface area contributed by atoms with Gasteiger partial charge in [-0.3, -0.25) is 0 Å². The van der Waals surface area contributed by atoms with Gasteiger partial charge in [-0.2, -0.15) is 0 Å². The van der Waals surface area contributed by atoms with Crippen molar-refractivity contribution in [1.82, 2.24) is 10.2 Å². The van der Waals surface area contributed by atoms with Crippen LogP contribution < -0.4 is 5.32 Å². The number of rotatable bonds is 0. The summed E-state index contributed by atoms with van der Waals surface area (Å²) in [6, 6.07) is 0. The summed E-state index contributed by atoms with van der Waals surface area (Å²) < 4.78 is 5.39. The average Bonchev–Trinajstić information content (AvgIpc) is 2.32. The molecule has 2 N–H and O–H groups in total. The molecular formula is C14H26N2O3. The number of amides is 1. The van der Waals surface area contributed by atoms with Gasteiger partial charge in [0.25, 0.3) is 0 Å². The number of aliphatic hydroxyl groups is 1. The fourth-order valence-electron chi connectivity index (χ4n) is 2.97. The molecule has 1 atom stereocenters. The third kappa shape index (κ3) is 3.39. The smallest absolute Gasteiger partial charge is 0.410 e. The van der Waals surface area contributed by atoms with Crippen molar-refractivity contribution in [2.75, 3.05) is 26.2 Å². The minimum Gasteiger partial charge on any atom is -0.444 e. The molecule has 1 amide bonds. The van der Waals surface area contributed by atoms with Crippen molar-refractivity contribution in [3.05, 3.63) is 0 Å². The number of ether oxygens (including phenoxy) is 1. The second-order valence-corrected chi connectivity index (χ2v) is 6.81. The van der Waals surface area contributed by atoms with Crippen LogP contribution in [-0.2, 0) is 4.74 Å². The minimum absolute atomic E-state index is 0.0449. The molecular weight excluding hydrogens is 244 g/mol. The quantitative estimate of drug-likeness (QED) is 0.697. The summed E-state index contributed by atoms with van der Waals surface area (Å²) in [7, 11) is 0. The van der Waals surface area contributed by atoms with Crippen molar-refractivity contribution in [2.45, 2.75) is 51.7 Å². The Kier molecular flexibility index (Phi) is 4.06.